The third kappa shape index (κ3) is 2.35. The number of benzene rings is 2. The fraction of sp³-hybridized carbons (Fsp3) is 0.0667. The second-order valence-corrected chi connectivity index (χ2v) is 5.38. The van der Waals surface area contributed by atoms with E-state index in [1.54, 1.807) is 29.5 Å². The first-order valence-electron chi connectivity index (χ1n) is 6.08. The SMILES string of the molecule is Cc1cc(C(=O)O)ccc1Nc1ccc2ncsc2c1. The normalized spacial score (nSPS) is 10.7. The third-order valence-electron chi connectivity index (χ3n) is 3.08. The Balaban J connectivity index is 1.92. The van der Waals surface area contributed by atoms with Crippen molar-refractivity contribution in [2.45, 2.75) is 6.92 Å². The molecule has 0 bridgehead atoms. The Morgan fingerprint density at radius 1 is 1.25 bits per heavy atom. The smallest absolute Gasteiger partial charge is 0.335 e. The quantitative estimate of drug-likeness (QED) is 0.761. The molecule has 20 heavy (non-hydrogen) atoms. The van der Waals surface area contributed by atoms with Crippen molar-refractivity contribution < 1.29 is 9.90 Å². The van der Waals surface area contributed by atoms with Gasteiger partial charge in [-0.05, 0) is 48.9 Å². The highest BCUT2D eigenvalue weighted by molar-refractivity contribution is 7.16. The van der Waals surface area contributed by atoms with Crippen LogP contribution in [0.2, 0.25) is 0 Å². The molecule has 1 aromatic heterocycles. The van der Waals surface area contributed by atoms with E-state index in [9.17, 15) is 4.79 Å². The summed E-state index contributed by atoms with van der Waals surface area (Å²) in [5.74, 6) is -0.911. The maximum atomic E-state index is 10.9. The van der Waals surface area contributed by atoms with Crippen LogP contribution < -0.4 is 5.32 Å². The minimum atomic E-state index is -0.911. The number of hydrogen-bond donors (Lipinski definition) is 2. The number of carbonyl (C=O) groups is 1. The molecule has 1 heterocycles. The van der Waals surface area contributed by atoms with E-state index in [-0.39, 0.29) is 0 Å². The Labute approximate surface area is 119 Å². The minimum absolute atomic E-state index is 0.297. The maximum Gasteiger partial charge on any atom is 0.335 e. The molecular weight excluding hydrogens is 272 g/mol. The van der Waals surface area contributed by atoms with E-state index in [0.717, 1.165) is 27.2 Å². The van der Waals surface area contributed by atoms with Crippen molar-refractivity contribution in [1.29, 1.82) is 0 Å². The van der Waals surface area contributed by atoms with Crippen LogP contribution in [0.5, 0.6) is 0 Å². The molecule has 0 aliphatic carbocycles. The highest BCUT2D eigenvalue weighted by Crippen LogP contribution is 2.26. The van der Waals surface area contributed by atoms with Crippen LogP contribution in [0.4, 0.5) is 11.4 Å². The summed E-state index contributed by atoms with van der Waals surface area (Å²) in [4.78, 5) is 15.2. The lowest BCUT2D eigenvalue weighted by Gasteiger charge is -2.10. The van der Waals surface area contributed by atoms with Gasteiger partial charge in [-0.2, -0.15) is 0 Å². The Morgan fingerprint density at radius 2 is 2.10 bits per heavy atom. The molecule has 100 valence electrons. The molecule has 2 aromatic carbocycles. The summed E-state index contributed by atoms with van der Waals surface area (Å²) in [6.45, 7) is 1.89. The molecule has 0 aliphatic rings. The van der Waals surface area contributed by atoms with E-state index < -0.39 is 5.97 Å². The Bertz CT molecular complexity index is 795. The van der Waals surface area contributed by atoms with Crippen LogP contribution in [-0.4, -0.2) is 16.1 Å². The highest BCUT2D eigenvalue weighted by atomic mass is 32.1. The summed E-state index contributed by atoms with van der Waals surface area (Å²) in [5.41, 5.74) is 5.87. The van der Waals surface area contributed by atoms with E-state index in [1.165, 1.54) is 0 Å². The molecular formula is C15H12N2O2S. The summed E-state index contributed by atoms with van der Waals surface area (Å²) >= 11 is 1.59. The zero-order valence-electron chi connectivity index (χ0n) is 10.8. The molecule has 0 atom stereocenters. The Morgan fingerprint density at radius 3 is 2.85 bits per heavy atom. The second-order valence-electron chi connectivity index (χ2n) is 4.49. The predicted molar refractivity (Wildman–Crippen MR) is 81.0 cm³/mol. The van der Waals surface area contributed by atoms with Gasteiger partial charge in [0.15, 0.2) is 0 Å². The zero-order valence-corrected chi connectivity index (χ0v) is 11.6. The van der Waals surface area contributed by atoms with Gasteiger partial charge >= 0.3 is 5.97 Å². The largest absolute Gasteiger partial charge is 0.478 e. The van der Waals surface area contributed by atoms with Gasteiger partial charge in [0, 0.05) is 11.4 Å². The van der Waals surface area contributed by atoms with Crippen LogP contribution >= 0.6 is 11.3 Å². The van der Waals surface area contributed by atoms with Gasteiger partial charge in [0.05, 0.1) is 21.3 Å². The number of hydrogen-bond acceptors (Lipinski definition) is 4. The lowest BCUT2D eigenvalue weighted by Crippen LogP contribution is -1.99. The molecule has 3 aromatic rings. The van der Waals surface area contributed by atoms with Crippen LogP contribution in [0.15, 0.2) is 41.9 Å². The van der Waals surface area contributed by atoms with Crippen molar-refractivity contribution in [3.8, 4) is 0 Å². The number of thiazole rings is 1. The summed E-state index contributed by atoms with van der Waals surface area (Å²) in [6, 6.07) is 11.0. The summed E-state index contributed by atoms with van der Waals surface area (Å²) in [6.07, 6.45) is 0. The van der Waals surface area contributed by atoms with E-state index in [0.29, 0.717) is 5.56 Å². The number of aromatic nitrogens is 1. The van der Waals surface area contributed by atoms with Gasteiger partial charge in [0.1, 0.15) is 0 Å². The number of aryl methyl sites for hydroxylation is 1. The predicted octanol–water partition coefficient (Wildman–Crippen LogP) is 4.05. The van der Waals surface area contributed by atoms with Crippen LogP contribution in [0.25, 0.3) is 10.2 Å². The first-order valence-corrected chi connectivity index (χ1v) is 6.96. The van der Waals surface area contributed by atoms with Gasteiger partial charge in [-0.3, -0.25) is 0 Å². The van der Waals surface area contributed by atoms with Gasteiger partial charge < -0.3 is 10.4 Å². The number of aromatic carboxylic acids is 1. The second kappa shape index (κ2) is 4.94. The molecule has 5 heteroatoms. The number of carboxylic acids is 1. The molecule has 4 nitrogen and oxygen atoms in total. The standard InChI is InChI=1S/C15H12N2O2S/c1-9-6-10(15(18)19)2-4-12(9)17-11-3-5-13-14(7-11)20-8-16-13/h2-8,17H,1H3,(H,18,19). The van der Waals surface area contributed by atoms with Crippen molar-refractivity contribution in [2.24, 2.45) is 0 Å². The fourth-order valence-electron chi connectivity index (χ4n) is 2.03. The molecule has 0 saturated carbocycles. The van der Waals surface area contributed by atoms with E-state index in [4.69, 9.17) is 5.11 Å². The monoisotopic (exact) mass is 284 g/mol. The number of nitrogens with one attached hydrogen (secondary N) is 1. The lowest BCUT2D eigenvalue weighted by atomic mass is 10.1. The van der Waals surface area contributed by atoms with E-state index >= 15 is 0 Å². The summed E-state index contributed by atoms with van der Waals surface area (Å²) in [5, 5.41) is 12.3. The average molecular weight is 284 g/mol. The third-order valence-corrected chi connectivity index (χ3v) is 3.88. The molecule has 0 aliphatic heterocycles. The summed E-state index contributed by atoms with van der Waals surface area (Å²) in [7, 11) is 0. The van der Waals surface area contributed by atoms with Gasteiger partial charge in [0.25, 0.3) is 0 Å². The molecule has 0 saturated heterocycles. The van der Waals surface area contributed by atoms with Crippen molar-refractivity contribution in [3.05, 3.63) is 53.0 Å². The molecule has 3 rings (SSSR count). The van der Waals surface area contributed by atoms with Gasteiger partial charge in [-0.1, -0.05) is 0 Å². The zero-order chi connectivity index (χ0) is 14.1. The van der Waals surface area contributed by atoms with Crippen molar-refractivity contribution in [1.82, 2.24) is 4.98 Å². The highest BCUT2D eigenvalue weighted by Gasteiger charge is 2.06. The van der Waals surface area contributed by atoms with Gasteiger partial charge in [0.2, 0.25) is 0 Å². The van der Waals surface area contributed by atoms with Crippen molar-refractivity contribution in [2.75, 3.05) is 5.32 Å². The number of nitrogens with zero attached hydrogens (tertiary/aromatic N) is 1. The lowest BCUT2D eigenvalue weighted by molar-refractivity contribution is 0.0697. The molecule has 0 radical (unpaired) electrons. The molecule has 0 spiro atoms. The van der Waals surface area contributed by atoms with Crippen LogP contribution in [-0.2, 0) is 0 Å². The minimum Gasteiger partial charge on any atom is -0.478 e. The van der Waals surface area contributed by atoms with Crippen molar-refractivity contribution >= 4 is 38.9 Å². The van der Waals surface area contributed by atoms with Gasteiger partial charge in [-0.15, -0.1) is 11.3 Å². The molecule has 0 unspecified atom stereocenters. The topological polar surface area (TPSA) is 62.2 Å². The number of rotatable bonds is 3. The van der Waals surface area contributed by atoms with E-state index in [1.807, 2.05) is 30.6 Å². The van der Waals surface area contributed by atoms with E-state index in [2.05, 4.69) is 10.3 Å². The first kappa shape index (κ1) is 12.6. The van der Waals surface area contributed by atoms with Crippen LogP contribution in [0.3, 0.4) is 0 Å². The number of fused-ring (bicyclic) bond motifs is 1. The fourth-order valence-corrected chi connectivity index (χ4v) is 2.74. The summed E-state index contributed by atoms with van der Waals surface area (Å²) < 4.78 is 1.12. The molecule has 0 amide bonds. The Kier molecular flexibility index (Phi) is 3.12. The van der Waals surface area contributed by atoms with Crippen molar-refractivity contribution in [3.63, 3.8) is 0 Å². The molecule has 2 N–H and O–H groups in total. The van der Waals surface area contributed by atoms with Crippen LogP contribution in [0.1, 0.15) is 15.9 Å². The van der Waals surface area contributed by atoms with Gasteiger partial charge in [-0.25, -0.2) is 9.78 Å². The number of anilines is 2. The Hall–Kier alpha value is -2.40. The first-order chi connectivity index (χ1) is 9.63. The maximum absolute atomic E-state index is 10.9. The average Bonchev–Trinajstić information content (AvgIpc) is 2.88. The van der Waals surface area contributed by atoms with Crippen LogP contribution in [0, 0.1) is 6.92 Å². The molecule has 0 fully saturated rings. The number of carboxylic acid groups (broad SMARTS) is 1.